The molecule has 1 aliphatic carbocycles. The highest BCUT2D eigenvalue weighted by Gasteiger charge is 2.03. The lowest BCUT2D eigenvalue weighted by molar-refractivity contribution is 0.340. The fourth-order valence-corrected chi connectivity index (χ4v) is 1.76. The zero-order chi connectivity index (χ0) is 12.1. The number of rotatable bonds is 4. The minimum atomic E-state index is 0.695. The van der Waals surface area contributed by atoms with Crippen LogP contribution in [-0.4, -0.2) is 12.3 Å². The number of allylic oxidation sites excluding steroid dienone is 4. The van der Waals surface area contributed by atoms with Crippen molar-refractivity contribution >= 4 is 11.4 Å². The van der Waals surface area contributed by atoms with Gasteiger partial charge in [-0.15, -0.1) is 0 Å². The quantitative estimate of drug-likeness (QED) is 0.711. The van der Waals surface area contributed by atoms with Crippen molar-refractivity contribution < 1.29 is 4.74 Å². The molecular weight excluding hydrogens is 210 g/mol. The summed E-state index contributed by atoms with van der Waals surface area (Å²) in [4.78, 5) is 4.60. The van der Waals surface area contributed by atoms with Gasteiger partial charge < -0.3 is 4.74 Å². The smallest absolute Gasteiger partial charge is 0.119 e. The van der Waals surface area contributed by atoms with Crippen molar-refractivity contribution in [3.8, 4) is 5.75 Å². The lowest BCUT2D eigenvalue weighted by Crippen LogP contribution is -1.94. The van der Waals surface area contributed by atoms with Crippen molar-refractivity contribution in [1.82, 2.24) is 0 Å². The van der Waals surface area contributed by atoms with E-state index in [9.17, 15) is 0 Å². The molecule has 0 saturated heterocycles. The van der Waals surface area contributed by atoms with Crippen LogP contribution in [0.25, 0.3) is 0 Å². The summed E-state index contributed by atoms with van der Waals surface area (Å²) in [6.45, 7) is 4.73. The number of aliphatic imine (C=N–C) groups is 1. The summed E-state index contributed by atoms with van der Waals surface area (Å²) in [5, 5.41) is 0. The van der Waals surface area contributed by atoms with E-state index in [4.69, 9.17) is 4.74 Å². The molecule has 17 heavy (non-hydrogen) atoms. The van der Waals surface area contributed by atoms with Crippen molar-refractivity contribution in [1.29, 1.82) is 0 Å². The number of hydrogen-bond acceptors (Lipinski definition) is 2. The Hall–Kier alpha value is -1.83. The average molecular weight is 227 g/mol. The van der Waals surface area contributed by atoms with Crippen LogP contribution in [-0.2, 0) is 0 Å². The first-order valence-electron chi connectivity index (χ1n) is 5.94. The van der Waals surface area contributed by atoms with E-state index in [2.05, 4.69) is 30.1 Å². The monoisotopic (exact) mass is 227 g/mol. The SMILES string of the molecule is CCOc1ccc(N=C(C)C2=CC=CC2)cc1. The van der Waals surface area contributed by atoms with Crippen LogP contribution in [0.2, 0.25) is 0 Å². The van der Waals surface area contributed by atoms with Gasteiger partial charge in [0.2, 0.25) is 0 Å². The largest absolute Gasteiger partial charge is 0.494 e. The van der Waals surface area contributed by atoms with E-state index in [0.717, 1.165) is 23.6 Å². The number of hydrogen-bond donors (Lipinski definition) is 0. The normalized spacial score (nSPS) is 14.9. The van der Waals surface area contributed by atoms with E-state index in [1.54, 1.807) is 0 Å². The minimum Gasteiger partial charge on any atom is -0.494 e. The maximum absolute atomic E-state index is 5.40. The second-order valence-corrected chi connectivity index (χ2v) is 3.95. The molecule has 0 heterocycles. The van der Waals surface area contributed by atoms with Gasteiger partial charge in [-0.2, -0.15) is 0 Å². The molecule has 0 saturated carbocycles. The van der Waals surface area contributed by atoms with Crippen molar-refractivity contribution in [3.63, 3.8) is 0 Å². The van der Waals surface area contributed by atoms with Crippen molar-refractivity contribution in [2.75, 3.05) is 6.61 Å². The van der Waals surface area contributed by atoms with Crippen LogP contribution in [0.15, 0.2) is 53.1 Å². The van der Waals surface area contributed by atoms with Gasteiger partial charge in [-0.25, -0.2) is 0 Å². The molecule has 2 rings (SSSR count). The molecule has 0 atom stereocenters. The molecule has 0 amide bonds. The molecule has 1 aromatic carbocycles. The summed E-state index contributed by atoms with van der Waals surface area (Å²) in [6, 6.07) is 7.88. The predicted molar refractivity (Wildman–Crippen MR) is 72.2 cm³/mol. The van der Waals surface area contributed by atoms with E-state index in [-0.39, 0.29) is 0 Å². The Kier molecular flexibility index (Phi) is 3.76. The summed E-state index contributed by atoms with van der Waals surface area (Å²) in [7, 11) is 0. The van der Waals surface area contributed by atoms with Gasteiger partial charge in [0.1, 0.15) is 5.75 Å². The predicted octanol–water partition coefficient (Wildman–Crippen LogP) is 4.06. The van der Waals surface area contributed by atoms with E-state index < -0.39 is 0 Å². The molecule has 0 aliphatic heterocycles. The van der Waals surface area contributed by atoms with Crippen LogP contribution in [0.4, 0.5) is 5.69 Å². The van der Waals surface area contributed by atoms with Crippen molar-refractivity contribution in [2.45, 2.75) is 20.3 Å². The molecule has 1 aromatic rings. The highest BCUT2D eigenvalue weighted by molar-refractivity contribution is 6.00. The molecular formula is C15H17NO. The Bertz CT molecular complexity index is 466. The Morgan fingerprint density at radius 3 is 2.65 bits per heavy atom. The third-order valence-corrected chi connectivity index (χ3v) is 2.68. The summed E-state index contributed by atoms with van der Waals surface area (Å²) in [5.74, 6) is 0.894. The zero-order valence-electron chi connectivity index (χ0n) is 10.3. The van der Waals surface area contributed by atoms with E-state index in [0.29, 0.717) is 6.61 Å². The topological polar surface area (TPSA) is 21.6 Å². The minimum absolute atomic E-state index is 0.695. The highest BCUT2D eigenvalue weighted by atomic mass is 16.5. The maximum atomic E-state index is 5.40. The van der Waals surface area contributed by atoms with Crippen LogP contribution in [0.1, 0.15) is 20.3 Å². The molecule has 2 nitrogen and oxygen atoms in total. The van der Waals surface area contributed by atoms with Gasteiger partial charge in [0.05, 0.1) is 12.3 Å². The summed E-state index contributed by atoms with van der Waals surface area (Å²) in [5.41, 5.74) is 3.34. The third-order valence-electron chi connectivity index (χ3n) is 2.68. The van der Waals surface area contributed by atoms with Crippen LogP contribution < -0.4 is 4.74 Å². The molecule has 0 aromatic heterocycles. The van der Waals surface area contributed by atoms with Crippen molar-refractivity contribution in [3.05, 3.63) is 48.1 Å². The Morgan fingerprint density at radius 2 is 2.06 bits per heavy atom. The molecule has 88 valence electrons. The Balaban J connectivity index is 2.10. The fourth-order valence-electron chi connectivity index (χ4n) is 1.76. The van der Waals surface area contributed by atoms with Crippen molar-refractivity contribution in [2.24, 2.45) is 4.99 Å². The summed E-state index contributed by atoms with van der Waals surface area (Å²) < 4.78 is 5.40. The molecule has 0 fully saturated rings. The van der Waals surface area contributed by atoms with E-state index in [1.165, 1.54) is 5.57 Å². The second-order valence-electron chi connectivity index (χ2n) is 3.95. The van der Waals surface area contributed by atoms with Crippen LogP contribution in [0.5, 0.6) is 5.75 Å². The average Bonchev–Trinajstić information content (AvgIpc) is 2.86. The number of nitrogens with zero attached hydrogens (tertiary/aromatic N) is 1. The van der Waals surface area contributed by atoms with Gasteiger partial charge in [0.15, 0.2) is 0 Å². The molecule has 0 radical (unpaired) electrons. The zero-order valence-corrected chi connectivity index (χ0v) is 10.3. The Morgan fingerprint density at radius 1 is 1.29 bits per heavy atom. The highest BCUT2D eigenvalue weighted by Crippen LogP contribution is 2.20. The number of benzene rings is 1. The van der Waals surface area contributed by atoms with Crippen LogP contribution in [0, 0.1) is 0 Å². The molecule has 1 aliphatic rings. The van der Waals surface area contributed by atoms with Gasteiger partial charge in [0, 0.05) is 5.71 Å². The van der Waals surface area contributed by atoms with Gasteiger partial charge in [-0.1, -0.05) is 18.2 Å². The van der Waals surface area contributed by atoms with E-state index >= 15 is 0 Å². The number of ether oxygens (including phenoxy) is 1. The summed E-state index contributed by atoms with van der Waals surface area (Å²) in [6.07, 6.45) is 7.33. The molecule has 0 spiro atoms. The standard InChI is InChI=1S/C15H17NO/c1-3-17-15-10-8-14(9-11-15)16-12(2)13-6-4-5-7-13/h4-6,8-11H,3,7H2,1-2H3. The van der Waals surface area contributed by atoms with Gasteiger partial charge >= 0.3 is 0 Å². The lowest BCUT2D eigenvalue weighted by Gasteiger charge is -2.04. The molecule has 0 unspecified atom stereocenters. The Labute approximate surface area is 102 Å². The summed E-state index contributed by atoms with van der Waals surface area (Å²) >= 11 is 0. The maximum Gasteiger partial charge on any atom is 0.119 e. The molecule has 0 N–H and O–H groups in total. The van der Waals surface area contributed by atoms with Gasteiger partial charge in [-0.3, -0.25) is 4.99 Å². The first-order valence-corrected chi connectivity index (χ1v) is 5.94. The van der Waals surface area contributed by atoms with Crippen LogP contribution >= 0.6 is 0 Å². The molecule has 2 heteroatoms. The van der Waals surface area contributed by atoms with Crippen LogP contribution in [0.3, 0.4) is 0 Å². The van der Waals surface area contributed by atoms with Gasteiger partial charge in [0.25, 0.3) is 0 Å². The fraction of sp³-hybridized carbons (Fsp3) is 0.267. The lowest BCUT2D eigenvalue weighted by atomic mass is 10.1. The van der Waals surface area contributed by atoms with Gasteiger partial charge in [-0.05, 0) is 50.1 Å². The first kappa shape index (κ1) is 11.6. The third kappa shape index (κ3) is 3.06. The second kappa shape index (κ2) is 5.48. The molecule has 0 bridgehead atoms. The van der Waals surface area contributed by atoms with E-state index in [1.807, 2.05) is 31.2 Å². The first-order chi connectivity index (χ1) is 8.29.